The third kappa shape index (κ3) is 3.82. The maximum Gasteiger partial charge on any atom is 0.227 e. The summed E-state index contributed by atoms with van der Waals surface area (Å²) >= 11 is 1.67. The van der Waals surface area contributed by atoms with E-state index in [-0.39, 0.29) is 11.7 Å². The van der Waals surface area contributed by atoms with Gasteiger partial charge in [0.15, 0.2) is 11.5 Å². The minimum absolute atomic E-state index is 0.0702. The summed E-state index contributed by atoms with van der Waals surface area (Å²) in [6.45, 7) is 1.59. The minimum Gasteiger partial charge on any atom is -0.504 e. The maximum atomic E-state index is 12.4. The van der Waals surface area contributed by atoms with E-state index in [0.29, 0.717) is 18.1 Å². The molecule has 3 rings (SSSR count). The molecule has 1 N–H and O–H groups in total. The number of thiazole rings is 1. The lowest BCUT2D eigenvalue weighted by molar-refractivity contribution is -0.129. The van der Waals surface area contributed by atoms with Gasteiger partial charge in [-0.05, 0) is 30.0 Å². The highest BCUT2D eigenvalue weighted by Gasteiger charge is 2.26. The Labute approximate surface area is 139 Å². The van der Waals surface area contributed by atoms with Gasteiger partial charge in [-0.2, -0.15) is 0 Å². The van der Waals surface area contributed by atoms with Crippen molar-refractivity contribution in [3.8, 4) is 11.5 Å². The molecule has 23 heavy (non-hydrogen) atoms. The standard InChI is InChI=1S/C17H20N2O3S/c1-22-15-3-2-12(8-14(15)20)10-17(21)19-6-4-13(11-19)9-16-18-5-7-23-16/h2-3,5,7-8,13,20H,4,6,9-11H2,1H3. The highest BCUT2D eigenvalue weighted by atomic mass is 32.1. The first-order valence-corrected chi connectivity index (χ1v) is 8.55. The van der Waals surface area contributed by atoms with Gasteiger partial charge in [-0.3, -0.25) is 4.79 Å². The van der Waals surface area contributed by atoms with E-state index in [9.17, 15) is 9.90 Å². The van der Waals surface area contributed by atoms with Gasteiger partial charge in [-0.15, -0.1) is 11.3 Å². The summed E-state index contributed by atoms with van der Waals surface area (Å²) in [6, 6.07) is 5.10. The Kier molecular flexibility index (Phi) is 4.81. The summed E-state index contributed by atoms with van der Waals surface area (Å²) < 4.78 is 5.02. The lowest BCUT2D eigenvalue weighted by atomic mass is 10.1. The van der Waals surface area contributed by atoms with Crippen molar-refractivity contribution in [3.63, 3.8) is 0 Å². The van der Waals surface area contributed by atoms with Gasteiger partial charge in [0.1, 0.15) is 0 Å². The Morgan fingerprint density at radius 3 is 3.09 bits per heavy atom. The average Bonchev–Trinajstić information content (AvgIpc) is 3.20. The normalized spacial score (nSPS) is 17.4. The molecule has 1 atom stereocenters. The largest absolute Gasteiger partial charge is 0.504 e. The molecule has 6 heteroatoms. The zero-order valence-electron chi connectivity index (χ0n) is 13.1. The van der Waals surface area contributed by atoms with E-state index in [0.717, 1.165) is 36.5 Å². The third-order valence-electron chi connectivity index (χ3n) is 4.18. The number of carbonyl (C=O) groups excluding carboxylic acids is 1. The van der Waals surface area contributed by atoms with Gasteiger partial charge in [-0.25, -0.2) is 4.98 Å². The highest BCUT2D eigenvalue weighted by Crippen LogP contribution is 2.27. The molecule has 2 heterocycles. The number of aromatic nitrogens is 1. The van der Waals surface area contributed by atoms with Gasteiger partial charge < -0.3 is 14.7 Å². The number of amides is 1. The van der Waals surface area contributed by atoms with E-state index < -0.39 is 0 Å². The molecule has 1 saturated heterocycles. The molecule has 5 nitrogen and oxygen atoms in total. The van der Waals surface area contributed by atoms with Crippen molar-refractivity contribution < 1.29 is 14.6 Å². The van der Waals surface area contributed by atoms with Crippen LogP contribution in [0.5, 0.6) is 11.5 Å². The van der Waals surface area contributed by atoms with Crippen molar-refractivity contribution in [1.29, 1.82) is 0 Å². The average molecular weight is 332 g/mol. The number of benzene rings is 1. The number of aromatic hydroxyl groups is 1. The number of rotatable bonds is 5. The summed E-state index contributed by atoms with van der Waals surface area (Å²) in [4.78, 5) is 18.7. The lowest BCUT2D eigenvalue weighted by Crippen LogP contribution is -2.30. The van der Waals surface area contributed by atoms with Gasteiger partial charge >= 0.3 is 0 Å². The molecular formula is C17H20N2O3S. The number of nitrogens with zero attached hydrogens (tertiary/aromatic N) is 2. The Morgan fingerprint density at radius 1 is 1.52 bits per heavy atom. The topological polar surface area (TPSA) is 62.7 Å². The van der Waals surface area contributed by atoms with Crippen molar-refractivity contribution in [1.82, 2.24) is 9.88 Å². The molecule has 1 aliphatic heterocycles. The molecule has 1 fully saturated rings. The zero-order valence-corrected chi connectivity index (χ0v) is 13.9. The van der Waals surface area contributed by atoms with Crippen LogP contribution in [-0.4, -0.2) is 41.1 Å². The number of likely N-dealkylation sites (tertiary alicyclic amines) is 1. The Hall–Kier alpha value is -2.08. The molecule has 2 aromatic rings. The summed E-state index contributed by atoms with van der Waals surface area (Å²) in [6.07, 6.45) is 4.11. The second kappa shape index (κ2) is 7.00. The summed E-state index contributed by atoms with van der Waals surface area (Å²) in [5.41, 5.74) is 0.802. The molecule has 1 amide bonds. The van der Waals surface area contributed by atoms with Gasteiger partial charge in [0, 0.05) is 31.1 Å². The fourth-order valence-corrected chi connectivity index (χ4v) is 3.69. The Bertz CT molecular complexity index is 672. The SMILES string of the molecule is COc1ccc(CC(=O)N2CCC(Cc3nccs3)C2)cc1O. The predicted octanol–water partition coefficient (Wildman–Crippen LogP) is 2.49. The van der Waals surface area contributed by atoms with E-state index in [1.165, 1.54) is 7.11 Å². The molecule has 1 aromatic carbocycles. The van der Waals surface area contributed by atoms with Crippen molar-refractivity contribution in [2.75, 3.05) is 20.2 Å². The van der Waals surface area contributed by atoms with Crippen molar-refractivity contribution in [2.24, 2.45) is 5.92 Å². The van der Waals surface area contributed by atoms with Crippen LogP contribution in [0.1, 0.15) is 17.0 Å². The van der Waals surface area contributed by atoms with Crippen LogP contribution in [0.25, 0.3) is 0 Å². The molecule has 122 valence electrons. The minimum atomic E-state index is 0.0702. The fraction of sp³-hybridized carbons (Fsp3) is 0.412. The number of ether oxygens (including phenoxy) is 1. The maximum absolute atomic E-state index is 12.4. The second-order valence-electron chi connectivity index (χ2n) is 5.81. The van der Waals surface area contributed by atoms with E-state index in [1.54, 1.807) is 23.5 Å². The van der Waals surface area contributed by atoms with E-state index in [1.807, 2.05) is 22.5 Å². The molecule has 0 radical (unpaired) electrons. The van der Waals surface area contributed by atoms with E-state index >= 15 is 0 Å². The number of hydrogen-bond acceptors (Lipinski definition) is 5. The monoisotopic (exact) mass is 332 g/mol. The number of phenols is 1. The van der Waals surface area contributed by atoms with Gasteiger partial charge in [0.05, 0.1) is 18.5 Å². The quantitative estimate of drug-likeness (QED) is 0.914. The van der Waals surface area contributed by atoms with Crippen molar-refractivity contribution in [2.45, 2.75) is 19.3 Å². The number of phenolic OH excluding ortho intramolecular Hbond substituents is 1. The van der Waals surface area contributed by atoms with E-state index in [4.69, 9.17) is 4.74 Å². The second-order valence-corrected chi connectivity index (χ2v) is 6.79. The van der Waals surface area contributed by atoms with Crippen LogP contribution in [0, 0.1) is 5.92 Å². The van der Waals surface area contributed by atoms with Gasteiger partial charge in [0.25, 0.3) is 0 Å². The molecular weight excluding hydrogens is 312 g/mol. The van der Waals surface area contributed by atoms with Crippen LogP contribution in [-0.2, 0) is 17.6 Å². The van der Waals surface area contributed by atoms with Gasteiger partial charge in [0.2, 0.25) is 5.91 Å². The number of hydrogen-bond donors (Lipinski definition) is 1. The molecule has 1 aromatic heterocycles. The van der Waals surface area contributed by atoms with Crippen LogP contribution < -0.4 is 4.74 Å². The van der Waals surface area contributed by atoms with Crippen LogP contribution in [0.2, 0.25) is 0 Å². The molecule has 0 spiro atoms. The highest BCUT2D eigenvalue weighted by molar-refractivity contribution is 7.09. The third-order valence-corrected chi connectivity index (χ3v) is 4.99. The van der Waals surface area contributed by atoms with Crippen molar-refractivity contribution >= 4 is 17.2 Å². The van der Waals surface area contributed by atoms with Crippen molar-refractivity contribution in [3.05, 3.63) is 40.3 Å². The molecule has 0 aliphatic carbocycles. The Morgan fingerprint density at radius 2 is 2.39 bits per heavy atom. The van der Waals surface area contributed by atoms with E-state index in [2.05, 4.69) is 4.98 Å². The number of carbonyl (C=O) groups is 1. The van der Waals surface area contributed by atoms with Crippen LogP contribution in [0.3, 0.4) is 0 Å². The van der Waals surface area contributed by atoms with Crippen LogP contribution >= 0.6 is 11.3 Å². The molecule has 0 saturated carbocycles. The van der Waals surface area contributed by atoms with Gasteiger partial charge in [-0.1, -0.05) is 6.07 Å². The summed E-state index contributed by atoms with van der Waals surface area (Å²) in [7, 11) is 1.51. The first-order chi connectivity index (χ1) is 11.2. The smallest absolute Gasteiger partial charge is 0.227 e. The molecule has 1 aliphatic rings. The fourth-order valence-electron chi connectivity index (χ4n) is 2.96. The lowest BCUT2D eigenvalue weighted by Gasteiger charge is -2.16. The van der Waals surface area contributed by atoms with Crippen LogP contribution in [0.4, 0.5) is 0 Å². The first-order valence-electron chi connectivity index (χ1n) is 7.67. The van der Waals surface area contributed by atoms with Crippen LogP contribution in [0.15, 0.2) is 29.8 Å². The molecule has 0 bridgehead atoms. The summed E-state index contributed by atoms with van der Waals surface area (Å²) in [5, 5.41) is 12.9. The summed E-state index contributed by atoms with van der Waals surface area (Å²) in [5.74, 6) is 1.09. The Balaban J connectivity index is 1.55. The number of methoxy groups -OCH3 is 1. The first kappa shape index (κ1) is 15.8. The zero-order chi connectivity index (χ0) is 16.2. The molecule has 1 unspecified atom stereocenters. The predicted molar refractivity (Wildman–Crippen MR) is 88.9 cm³/mol.